The van der Waals surface area contributed by atoms with Gasteiger partial charge in [0.15, 0.2) is 0 Å². The maximum Gasteiger partial charge on any atom is 0.248 e. The number of hydrogen-bond acceptors (Lipinski definition) is 3. The number of benzene rings is 2. The third-order valence-electron chi connectivity index (χ3n) is 4.88. The van der Waals surface area contributed by atoms with Crippen LogP contribution in [0, 0.1) is 0 Å². The van der Waals surface area contributed by atoms with Gasteiger partial charge in [-0.25, -0.2) is 0 Å². The number of methoxy groups -OCH3 is 1. The molecular formula is C22H25BrN2O2. The van der Waals surface area contributed by atoms with Crippen LogP contribution in [0.3, 0.4) is 0 Å². The van der Waals surface area contributed by atoms with E-state index >= 15 is 0 Å². The molecule has 2 aromatic carbocycles. The van der Waals surface area contributed by atoms with Gasteiger partial charge in [0.2, 0.25) is 5.91 Å². The summed E-state index contributed by atoms with van der Waals surface area (Å²) in [5.41, 5.74) is 2.85. The molecule has 1 heterocycles. The molecule has 1 amide bonds. The molecule has 1 N–H and O–H groups in total. The number of nitrogens with zero attached hydrogens (tertiary/aromatic N) is 1. The monoisotopic (exact) mass is 428 g/mol. The first kappa shape index (κ1) is 19.5. The summed E-state index contributed by atoms with van der Waals surface area (Å²) < 4.78 is 6.26. The fourth-order valence-corrected chi connectivity index (χ4v) is 3.78. The minimum atomic E-state index is -0.170. The third-order valence-corrected chi connectivity index (χ3v) is 5.37. The van der Waals surface area contributed by atoms with E-state index in [9.17, 15) is 4.79 Å². The van der Waals surface area contributed by atoms with E-state index in [1.54, 1.807) is 13.2 Å². The van der Waals surface area contributed by atoms with Gasteiger partial charge in [-0.2, -0.15) is 0 Å². The molecule has 5 heteroatoms. The lowest BCUT2D eigenvalue weighted by Crippen LogP contribution is -2.37. The SMILES string of the molecule is COc1ccc(Br)cc1/C=C/C(=O)Nc1ccc(N2CCCCC2C)cc1. The van der Waals surface area contributed by atoms with Crippen molar-refractivity contribution in [2.45, 2.75) is 32.2 Å². The Morgan fingerprint density at radius 3 is 2.70 bits per heavy atom. The van der Waals surface area contributed by atoms with Crippen LogP contribution in [0.1, 0.15) is 31.7 Å². The summed E-state index contributed by atoms with van der Waals surface area (Å²) in [5.74, 6) is 0.554. The average Bonchev–Trinajstić information content (AvgIpc) is 2.68. The zero-order chi connectivity index (χ0) is 19.2. The van der Waals surface area contributed by atoms with Gasteiger partial charge < -0.3 is 15.0 Å². The van der Waals surface area contributed by atoms with Crippen LogP contribution < -0.4 is 15.0 Å². The van der Waals surface area contributed by atoms with Crippen LogP contribution in [0.15, 0.2) is 53.0 Å². The lowest BCUT2D eigenvalue weighted by Gasteiger charge is -2.35. The minimum Gasteiger partial charge on any atom is -0.496 e. The molecular weight excluding hydrogens is 404 g/mol. The molecule has 0 radical (unpaired) electrons. The van der Waals surface area contributed by atoms with Gasteiger partial charge in [-0.15, -0.1) is 0 Å². The molecule has 1 saturated heterocycles. The first-order chi connectivity index (χ1) is 13.1. The molecule has 0 aromatic heterocycles. The Labute approximate surface area is 169 Å². The molecule has 1 atom stereocenters. The van der Waals surface area contributed by atoms with Crippen LogP contribution in [0.25, 0.3) is 6.08 Å². The van der Waals surface area contributed by atoms with Gasteiger partial charge in [0.05, 0.1) is 7.11 Å². The summed E-state index contributed by atoms with van der Waals surface area (Å²) in [5, 5.41) is 2.91. The summed E-state index contributed by atoms with van der Waals surface area (Å²) in [6.45, 7) is 3.37. The van der Waals surface area contributed by atoms with E-state index in [1.807, 2.05) is 30.3 Å². The van der Waals surface area contributed by atoms with E-state index in [2.05, 4.69) is 45.2 Å². The highest BCUT2D eigenvalue weighted by atomic mass is 79.9. The molecule has 0 aliphatic carbocycles. The van der Waals surface area contributed by atoms with Crippen molar-refractivity contribution in [2.75, 3.05) is 23.9 Å². The third kappa shape index (κ3) is 5.13. The largest absolute Gasteiger partial charge is 0.496 e. The van der Waals surface area contributed by atoms with Gasteiger partial charge in [-0.1, -0.05) is 15.9 Å². The summed E-state index contributed by atoms with van der Waals surface area (Å²) in [4.78, 5) is 14.7. The number of amides is 1. The number of anilines is 2. The predicted molar refractivity (Wildman–Crippen MR) is 115 cm³/mol. The summed E-state index contributed by atoms with van der Waals surface area (Å²) in [7, 11) is 1.62. The topological polar surface area (TPSA) is 41.6 Å². The van der Waals surface area contributed by atoms with Gasteiger partial charge in [0.1, 0.15) is 5.75 Å². The smallest absolute Gasteiger partial charge is 0.248 e. The summed E-state index contributed by atoms with van der Waals surface area (Å²) in [6.07, 6.45) is 7.06. The molecule has 1 fully saturated rings. The second-order valence-corrected chi connectivity index (χ2v) is 7.71. The molecule has 2 aromatic rings. The van der Waals surface area contributed by atoms with Crippen molar-refractivity contribution in [3.63, 3.8) is 0 Å². The molecule has 0 spiro atoms. The van der Waals surface area contributed by atoms with Crippen LogP contribution in [0.4, 0.5) is 11.4 Å². The second-order valence-electron chi connectivity index (χ2n) is 6.79. The number of carbonyl (C=O) groups is 1. The lowest BCUT2D eigenvalue weighted by molar-refractivity contribution is -0.111. The highest BCUT2D eigenvalue weighted by molar-refractivity contribution is 9.10. The highest BCUT2D eigenvalue weighted by Gasteiger charge is 2.18. The van der Waals surface area contributed by atoms with Crippen molar-refractivity contribution < 1.29 is 9.53 Å². The Kier molecular flexibility index (Phi) is 6.56. The first-order valence-corrected chi connectivity index (χ1v) is 10.1. The van der Waals surface area contributed by atoms with Crippen molar-refractivity contribution in [1.82, 2.24) is 0 Å². The van der Waals surface area contributed by atoms with Crippen LogP contribution in [-0.2, 0) is 4.79 Å². The molecule has 4 nitrogen and oxygen atoms in total. The quantitative estimate of drug-likeness (QED) is 0.640. The Hall–Kier alpha value is -2.27. The van der Waals surface area contributed by atoms with E-state index in [0.717, 1.165) is 28.0 Å². The number of nitrogens with one attached hydrogen (secondary N) is 1. The Morgan fingerprint density at radius 1 is 1.22 bits per heavy atom. The van der Waals surface area contributed by atoms with Crippen LogP contribution in [0.5, 0.6) is 5.75 Å². The number of rotatable bonds is 5. The zero-order valence-corrected chi connectivity index (χ0v) is 17.3. The molecule has 1 aliphatic heterocycles. The Balaban J connectivity index is 1.63. The van der Waals surface area contributed by atoms with Gasteiger partial charge >= 0.3 is 0 Å². The fourth-order valence-electron chi connectivity index (χ4n) is 3.40. The van der Waals surface area contributed by atoms with Crippen LogP contribution in [-0.4, -0.2) is 25.6 Å². The van der Waals surface area contributed by atoms with E-state index in [1.165, 1.54) is 31.0 Å². The van der Waals surface area contributed by atoms with Gasteiger partial charge in [-0.05, 0) is 74.7 Å². The van der Waals surface area contributed by atoms with E-state index in [4.69, 9.17) is 4.74 Å². The maximum atomic E-state index is 12.2. The molecule has 3 rings (SSSR count). The summed E-state index contributed by atoms with van der Waals surface area (Å²) in [6, 6.07) is 14.3. The number of carbonyl (C=O) groups excluding carboxylic acids is 1. The summed E-state index contributed by atoms with van der Waals surface area (Å²) >= 11 is 3.44. The van der Waals surface area contributed by atoms with E-state index < -0.39 is 0 Å². The number of ether oxygens (including phenoxy) is 1. The van der Waals surface area contributed by atoms with Crippen molar-refractivity contribution >= 4 is 39.3 Å². The normalized spacial score (nSPS) is 17.1. The fraction of sp³-hybridized carbons (Fsp3) is 0.318. The minimum absolute atomic E-state index is 0.170. The maximum absolute atomic E-state index is 12.2. The van der Waals surface area contributed by atoms with Crippen molar-refractivity contribution in [3.05, 3.63) is 58.6 Å². The van der Waals surface area contributed by atoms with Crippen molar-refractivity contribution in [3.8, 4) is 5.75 Å². The van der Waals surface area contributed by atoms with Crippen molar-refractivity contribution in [2.24, 2.45) is 0 Å². The standard InChI is InChI=1S/C22H25BrN2O2/c1-16-5-3-4-14-25(16)20-10-8-19(9-11-20)24-22(26)13-6-17-15-18(23)7-12-21(17)27-2/h6-13,15-16H,3-5,14H2,1-2H3,(H,24,26)/b13-6+. The molecule has 142 valence electrons. The van der Waals surface area contributed by atoms with Crippen LogP contribution in [0.2, 0.25) is 0 Å². The van der Waals surface area contributed by atoms with E-state index in [0.29, 0.717) is 6.04 Å². The highest BCUT2D eigenvalue weighted by Crippen LogP contribution is 2.26. The first-order valence-electron chi connectivity index (χ1n) is 9.26. The van der Waals surface area contributed by atoms with Crippen molar-refractivity contribution in [1.29, 1.82) is 0 Å². The van der Waals surface area contributed by atoms with Crippen LogP contribution >= 0.6 is 15.9 Å². The second kappa shape index (κ2) is 9.09. The van der Waals surface area contributed by atoms with Gasteiger partial charge in [0, 0.05) is 40.1 Å². The molecule has 1 aliphatic rings. The Bertz CT molecular complexity index is 818. The molecule has 27 heavy (non-hydrogen) atoms. The van der Waals surface area contributed by atoms with Gasteiger partial charge in [-0.3, -0.25) is 4.79 Å². The predicted octanol–water partition coefficient (Wildman–Crippen LogP) is 5.49. The van der Waals surface area contributed by atoms with E-state index in [-0.39, 0.29) is 5.91 Å². The zero-order valence-electron chi connectivity index (χ0n) is 15.7. The lowest BCUT2D eigenvalue weighted by atomic mass is 10.0. The molecule has 0 saturated carbocycles. The Morgan fingerprint density at radius 2 is 2.00 bits per heavy atom. The number of piperidine rings is 1. The number of halogens is 1. The average molecular weight is 429 g/mol. The number of hydrogen-bond donors (Lipinski definition) is 1. The molecule has 0 bridgehead atoms. The molecule has 1 unspecified atom stereocenters. The van der Waals surface area contributed by atoms with Gasteiger partial charge in [0.25, 0.3) is 0 Å².